The van der Waals surface area contributed by atoms with Crippen molar-refractivity contribution in [3.8, 4) is 5.75 Å². The molecule has 0 radical (unpaired) electrons. The molecule has 1 fully saturated rings. The number of aryl methyl sites for hydroxylation is 3. The fraction of sp³-hybridized carbons (Fsp3) is 0.586. The van der Waals surface area contributed by atoms with E-state index in [4.69, 9.17) is 14.5 Å². The van der Waals surface area contributed by atoms with Crippen LogP contribution in [-0.2, 0) is 28.8 Å². The zero-order valence-corrected chi connectivity index (χ0v) is 21.4. The number of aromatic nitrogens is 1. The lowest BCUT2D eigenvalue weighted by Crippen LogP contribution is -2.33. The summed E-state index contributed by atoms with van der Waals surface area (Å²) in [5.41, 5.74) is 4.33. The molecule has 1 aliphatic heterocycles. The zero-order valence-electron chi connectivity index (χ0n) is 21.4. The highest BCUT2D eigenvalue weighted by atomic mass is 19.1. The van der Waals surface area contributed by atoms with E-state index in [2.05, 4.69) is 12.1 Å². The summed E-state index contributed by atoms with van der Waals surface area (Å²) in [6.45, 7) is 2.06. The Balaban J connectivity index is 1.26. The molecule has 2 aromatic rings. The number of carbonyl (C=O) groups is 1. The molecular weight excluding hydrogens is 459 g/mol. The van der Waals surface area contributed by atoms with E-state index in [-0.39, 0.29) is 6.61 Å². The van der Waals surface area contributed by atoms with Crippen molar-refractivity contribution >= 4 is 5.97 Å². The van der Waals surface area contributed by atoms with Gasteiger partial charge < -0.3 is 14.6 Å². The van der Waals surface area contributed by atoms with Crippen LogP contribution in [0.15, 0.2) is 30.3 Å². The van der Waals surface area contributed by atoms with Crippen LogP contribution in [0.5, 0.6) is 5.75 Å². The highest BCUT2D eigenvalue weighted by Crippen LogP contribution is 2.35. The summed E-state index contributed by atoms with van der Waals surface area (Å²) in [6.07, 6.45) is 11.3. The molecule has 1 N–H and O–H groups in total. The van der Waals surface area contributed by atoms with Gasteiger partial charge in [0.2, 0.25) is 0 Å². The smallest absolute Gasteiger partial charge is 0.325 e. The van der Waals surface area contributed by atoms with E-state index in [1.807, 2.05) is 4.90 Å². The number of benzene rings is 1. The van der Waals surface area contributed by atoms with Gasteiger partial charge in [0.15, 0.2) is 0 Å². The number of methoxy groups -OCH3 is 1. The first kappa shape index (κ1) is 26.6. The molecule has 7 heteroatoms. The molecule has 1 unspecified atom stereocenters. The average molecular weight is 499 g/mol. The van der Waals surface area contributed by atoms with E-state index in [1.165, 1.54) is 54.4 Å². The Morgan fingerprint density at radius 1 is 1.17 bits per heavy atom. The van der Waals surface area contributed by atoms with Crippen LogP contribution >= 0.6 is 0 Å². The Bertz CT molecular complexity index is 1010. The molecule has 4 rings (SSSR count). The fourth-order valence-corrected chi connectivity index (χ4v) is 5.60. The van der Waals surface area contributed by atoms with Crippen molar-refractivity contribution in [1.82, 2.24) is 9.88 Å². The number of fused-ring (bicyclic) bond motifs is 1. The molecule has 0 bridgehead atoms. The molecule has 1 aromatic heterocycles. The van der Waals surface area contributed by atoms with Gasteiger partial charge in [-0.15, -0.1) is 0 Å². The number of likely N-dealkylation sites (tertiary alicyclic amines) is 1. The molecule has 0 amide bonds. The van der Waals surface area contributed by atoms with Gasteiger partial charge in [0.1, 0.15) is 24.2 Å². The van der Waals surface area contributed by atoms with Crippen molar-refractivity contribution in [2.75, 3.05) is 33.4 Å². The Morgan fingerprint density at radius 2 is 2.03 bits per heavy atom. The van der Waals surface area contributed by atoms with Gasteiger partial charge in [-0.05, 0) is 93.7 Å². The van der Waals surface area contributed by atoms with Crippen LogP contribution in [0.2, 0.25) is 0 Å². The summed E-state index contributed by atoms with van der Waals surface area (Å²) in [4.78, 5) is 19.1. The third-order valence-electron chi connectivity index (χ3n) is 7.51. The third kappa shape index (κ3) is 7.04. The predicted molar refractivity (Wildman–Crippen MR) is 137 cm³/mol. The summed E-state index contributed by atoms with van der Waals surface area (Å²) in [6, 6.07) is 7.67. The van der Waals surface area contributed by atoms with Gasteiger partial charge >= 0.3 is 5.97 Å². The molecule has 1 aliphatic carbocycles. The minimum absolute atomic E-state index is 0.283. The van der Waals surface area contributed by atoms with Gasteiger partial charge in [0, 0.05) is 30.6 Å². The largest absolute Gasteiger partial charge is 0.491 e. The summed E-state index contributed by atoms with van der Waals surface area (Å²) in [5, 5.41) is 10.0. The lowest BCUT2D eigenvalue weighted by molar-refractivity contribution is -0.143. The molecule has 0 spiro atoms. The summed E-state index contributed by atoms with van der Waals surface area (Å²) in [5.74, 6) is -0.574. The number of ether oxygens (including phenoxy) is 2. The second kappa shape index (κ2) is 13.2. The number of carboxylic acid groups (broad SMARTS) is 1. The number of carboxylic acids is 1. The number of halogens is 1. The molecule has 2 atom stereocenters. The summed E-state index contributed by atoms with van der Waals surface area (Å²) in [7, 11) is 1.57. The van der Waals surface area contributed by atoms with E-state index >= 15 is 0 Å². The van der Waals surface area contributed by atoms with Gasteiger partial charge in [-0.3, -0.25) is 14.7 Å². The van der Waals surface area contributed by atoms with Crippen molar-refractivity contribution in [2.45, 2.75) is 70.3 Å². The maximum atomic E-state index is 14.1. The van der Waals surface area contributed by atoms with Crippen molar-refractivity contribution in [2.24, 2.45) is 5.92 Å². The lowest BCUT2D eigenvalue weighted by atomic mass is 9.95. The van der Waals surface area contributed by atoms with Gasteiger partial charge in [-0.1, -0.05) is 18.9 Å². The minimum Gasteiger partial charge on any atom is -0.491 e. The zero-order chi connectivity index (χ0) is 25.3. The van der Waals surface area contributed by atoms with Crippen LogP contribution in [0.25, 0.3) is 0 Å². The number of rotatable bonds is 13. The van der Waals surface area contributed by atoms with Crippen LogP contribution in [0.1, 0.15) is 73.5 Å². The number of hydrogen-bond donors (Lipinski definition) is 1. The molecule has 2 aliphatic rings. The minimum atomic E-state index is -0.976. The van der Waals surface area contributed by atoms with Crippen LogP contribution in [-0.4, -0.2) is 54.4 Å². The molecule has 1 aromatic carbocycles. The number of unbranched alkanes of at least 4 members (excludes halogenated alkanes) is 2. The number of aliphatic carboxylic acids is 1. The maximum absolute atomic E-state index is 14.1. The Kier molecular flexibility index (Phi) is 9.70. The molecular formula is C29H39FN2O4. The normalized spacial score (nSPS) is 18.7. The van der Waals surface area contributed by atoms with E-state index in [0.717, 1.165) is 44.9 Å². The van der Waals surface area contributed by atoms with Crippen LogP contribution in [0, 0.1) is 11.7 Å². The molecule has 0 saturated carbocycles. The Hall–Kier alpha value is -2.51. The van der Waals surface area contributed by atoms with Gasteiger partial charge in [-0.25, -0.2) is 4.39 Å². The topological polar surface area (TPSA) is 71.9 Å². The molecule has 2 heterocycles. The highest BCUT2D eigenvalue weighted by Gasteiger charge is 2.35. The lowest BCUT2D eigenvalue weighted by Gasteiger charge is -2.26. The summed E-state index contributed by atoms with van der Waals surface area (Å²) < 4.78 is 24.8. The highest BCUT2D eigenvalue weighted by molar-refractivity contribution is 5.76. The summed E-state index contributed by atoms with van der Waals surface area (Å²) >= 11 is 0. The predicted octanol–water partition coefficient (Wildman–Crippen LogP) is 5.38. The third-order valence-corrected chi connectivity index (χ3v) is 7.51. The van der Waals surface area contributed by atoms with Crippen LogP contribution in [0.3, 0.4) is 0 Å². The van der Waals surface area contributed by atoms with Gasteiger partial charge in [-0.2, -0.15) is 0 Å². The van der Waals surface area contributed by atoms with E-state index in [9.17, 15) is 14.3 Å². The molecule has 1 saturated heterocycles. The average Bonchev–Trinajstić information content (AvgIpc) is 3.33. The Labute approximate surface area is 213 Å². The van der Waals surface area contributed by atoms with Crippen LogP contribution in [0.4, 0.5) is 4.39 Å². The molecule has 36 heavy (non-hydrogen) atoms. The first-order valence-corrected chi connectivity index (χ1v) is 13.4. The maximum Gasteiger partial charge on any atom is 0.325 e. The second-order valence-corrected chi connectivity index (χ2v) is 10.1. The number of pyridine rings is 1. The monoisotopic (exact) mass is 498 g/mol. The van der Waals surface area contributed by atoms with Gasteiger partial charge in [0.25, 0.3) is 0 Å². The Morgan fingerprint density at radius 3 is 2.86 bits per heavy atom. The number of nitrogens with zero attached hydrogens (tertiary/aromatic N) is 2. The van der Waals surface area contributed by atoms with E-state index < -0.39 is 17.8 Å². The van der Waals surface area contributed by atoms with Crippen LogP contribution < -0.4 is 4.74 Å². The SMILES string of the molecule is COCCOc1ccc(F)cc1C(C(=O)O)N1CC[C@@H](CCCCCc2ccc3c(n2)CCCC3)C1. The van der Waals surface area contributed by atoms with E-state index in [1.54, 1.807) is 7.11 Å². The van der Waals surface area contributed by atoms with Crippen molar-refractivity contribution < 1.29 is 23.8 Å². The second-order valence-electron chi connectivity index (χ2n) is 10.1. The van der Waals surface area contributed by atoms with Crippen molar-refractivity contribution in [3.63, 3.8) is 0 Å². The molecule has 196 valence electrons. The first-order valence-electron chi connectivity index (χ1n) is 13.4. The molecule has 6 nitrogen and oxygen atoms in total. The van der Waals surface area contributed by atoms with Crippen molar-refractivity contribution in [1.29, 1.82) is 0 Å². The standard InChI is InChI=1S/C29H39FN2O4/c1-35-17-18-36-27-14-12-23(30)19-25(27)28(29(33)34)32-16-15-21(20-32)7-3-2-4-9-24-13-11-22-8-5-6-10-26(22)31-24/h11-14,19,21,28H,2-10,15-18,20H2,1H3,(H,33,34)/t21-,28?/m1/s1. The van der Waals surface area contributed by atoms with E-state index in [0.29, 0.717) is 36.9 Å². The van der Waals surface area contributed by atoms with Crippen molar-refractivity contribution in [3.05, 3.63) is 58.7 Å². The fourth-order valence-electron chi connectivity index (χ4n) is 5.60. The van der Waals surface area contributed by atoms with Gasteiger partial charge in [0.05, 0.1) is 6.61 Å². The first-order chi connectivity index (χ1) is 17.5. The number of hydrogen-bond acceptors (Lipinski definition) is 5. The quantitative estimate of drug-likeness (QED) is 0.374.